The van der Waals surface area contributed by atoms with Crippen molar-refractivity contribution < 1.29 is 5.11 Å². The number of nitrogens with one attached hydrogen (secondary N) is 1. The summed E-state index contributed by atoms with van der Waals surface area (Å²) in [5.74, 6) is 0.639. The number of aliphatic hydroxyl groups excluding tert-OH is 1. The fourth-order valence-electron chi connectivity index (χ4n) is 3.17. The van der Waals surface area contributed by atoms with Gasteiger partial charge < -0.3 is 10.4 Å². The van der Waals surface area contributed by atoms with E-state index in [1.165, 1.54) is 36.8 Å². The number of benzene rings is 1. The van der Waals surface area contributed by atoms with Gasteiger partial charge in [-0.25, -0.2) is 0 Å². The molecule has 3 atom stereocenters. The molecule has 0 radical (unpaired) electrons. The number of hydrogen-bond acceptors (Lipinski definition) is 2. The largest absolute Gasteiger partial charge is 0.393 e. The van der Waals surface area contributed by atoms with Gasteiger partial charge in [0.05, 0.1) is 6.10 Å². The molecule has 0 aromatic heterocycles. The van der Waals surface area contributed by atoms with Gasteiger partial charge in [0.2, 0.25) is 0 Å². The molecule has 1 aliphatic carbocycles. The third kappa shape index (κ3) is 4.60. The Bertz CT molecular complexity index is 387. The third-order valence-corrected chi connectivity index (χ3v) is 4.49. The highest BCUT2D eigenvalue weighted by atomic mass is 16.3. The maximum absolute atomic E-state index is 9.72. The van der Waals surface area contributed by atoms with Crippen LogP contribution in [-0.2, 0) is 6.42 Å². The minimum Gasteiger partial charge on any atom is -0.393 e. The molecule has 2 N–H and O–H groups in total. The quantitative estimate of drug-likeness (QED) is 0.826. The lowest BCUT2D eigenvalue weighted by atomic mass is 9.87. The first kappa shape index (κ1) is 15.5. The molecule has 2 rings (SSSR count). The van der Waals surface area contributed by atoms with Crippen molar-refractivity contribution in [2.24, 2.45) is 5.92 Å². The Kier molecular flexibility index (Phi) is 6.06. The Morgan fingerprint density at radius 2 is 2.00 bits per heavy atom. The number of aryl methyl sites for hydroxylation is 1. The van der Waals surface area contributed by atoms with Gasteiger partial charge >= 0.3 is 0 Å². The van der Waals surface area contributed by atoms with E-state index in [1.54, 1.807) is 0 Å². The SMILES string of the molecule is CCCc1ccc(C(C)NCC2CCCC(O)C2)cc1. The third-order valence-electron chi connectivity index (χ3n) is 4.49. The molecule has 0 heterocycles. The van der Waals surface area contributed by atoms with E-state index in [4.69, 9.17) is 0 Å². The second-order valence-electron chi connectivity index (χ2n) is 6.31. The van der Waals surface area contributed by atoms with Crippen molar-refractivity contribution in [1.82, 2.24) is 5.32 Å². The Labute approximate surface area is 123 Å². The highest BCUT2D eigenvalue weighted by Gasteiger charge is 2.20. The minimum absolute atomic E-state index is 0.0702. The van der Waals surface area contributed by atoms with Crippen LogP contribution in [0.3, 0.4) is 0 Å². The van der Waals surface area contributed by atoms with Gasteiger partial charge in [-0.2, -0.15) is 0 Å². The fourth-order valence-corrected chi connectivity index (χ4v) is 3.17. The molecule has 3 unspecified atom stereocenters. The Morgan fingerprint density at radius 3 is 2.65 bits per heavy atom. The highest BCUT2D eigenvalue weighted by molar-refractivity contribution is 5.24. The van der Waals surface area contributed by atoms with Gasteiger partial charge in [0.25, 0.3) is 0 Å². The Balaban J connectivity index is 1.80. The van der Waals surface area contributed by atoms with E-state index in [1.807, 2.05) is 0 Å². The maximum Gasteiger partial charge on any atom is 0.0543 e. The lowest BCUT2D eigenvalue weighted by Gasteiger charge is -2.27. The number of hydrogen-bond donors (Lipinski definition) is 2. The summed E-state index contributed by atoms with van der Waals surface area (Å²) in [6.45, 7) is 5.47. The minimum atomic E-state index is -0.0702. The van der Waals surface area contributed by atoms with E-state index in [0.717, 1.165) is 19.4 Å². The van der Waals surface area contributed by atoms with Gasteiger partial charge in [-0.3, -0.25) is 0 Å². The molecule has 0 bridgehead atoms. The highest BCUT2D eigenvalue weighted by Crippen LogP contribution is 2.24. The van der Waals surface area contributed by atoms with Crippen molar-refractivity contribution >= 4 is 0 Å². The second-order valence-corrected chi connectivity index (χ2v) is 6.31. The molecule has 1 saturated carbocycles. The molecule has 112 valence electrons. The van der Waals surface area contributed by atoms with Crippen LogP contribution in [0.15, 0.2) is 24.3 Å². The zero-order valence-electron chi connectivity index (χ0n) is 12.9. The fraction of sp³-hybridized carbons (Fsp3) is 0.667. The van der Waals surface area contributed by atoms with Crippen LogP contribution in [0.5, 0.6) is 0 Å². The van der Waals surface area contributed by atoms with Crippen LogP contribution in [0.1, 0.15) is 63.1 Å². The Hall–Kier alpha value is -0.860. The molecule has 0 saturated heterocycles. The molecule has 2 heteroatoms. The summed E-state index contributed by atoms with van der Waals surface area (Å²) in [5, 5.41) is 13.3. The number of aliphatic hydroxyl groups is 1. The normalized spacial score (nSPS) is 24.6. The van der Waals surface area contributed by atoms with Crippen LogP contribution in [0, 0.1) is 5.92 Å². The molecule has 2 nitrogen and oxygen atoms in total. The predicted molar refractivity (Wildman–Crippen MR) is 84.8 cm³/mol. The van der Waals surface area contributed by atoms with Gasteiger partial charge in [-0.15, -0.1) is 0 Å². The van der Waals surface area contributed by atoms with Crippen LogP contribution in [0.4, 0.5) is 0 Å². The summed E-state index contributed by atoms with van der Waals surface area (Å²) in [4.78, 5) is 0. The molecule has 20 heavy (non-hydrogen) atoms. The van der Waals surface area contributed by atoms with Crippen LogP contribution < -0.4 is 5.32 Å². The first-order chi connectivity index (χ1) is 9.69. The van der Waals surface area contributed by atoms with Gasteiger partial charge in [0.1, 0.15) is 0 Å². The molecular weight excluding hydrogens is 246 g/mol. The summed E-state index contributed by atoms with van der Waals surface area (Å²) >= 11 is 0. The van der Waals surface area contributed by atoms with Crippen molar-refractivity contribution in [2.75, 3.05) is 6.54 Å². The van der Waals surface area contributed by atoms with E-state index in [2.05, 4.69) is 43.4 Å². The first-order valence-corrected chi connectivity index (χ1v) is 8.19. The zero-order valence-corrected chi connectivity index (χ0v) is 12.9. The van der Waals surface area contributed by atoms with Gasteiger partial charge in [-0.1, -0.05) is 44.0 Å². The summed E-state index contributed by atoms with van der Waals surface area (Å²) < 4.78 is 0. The standard InChI is InChI=1S/C18H29NO/c1-3-5-15-8-10-17(11-9-15)14(2)19-13-16-6-4-7-18(20)12-16/h8-11,14,16,18-20H,3-7,12-13H2,1-2H3. The van der Waals surface area contributed by atoms with Crippen molar-refractivity contribution in [3.8, 4) is 0 Å². The van der Waals surface area contributed by atoms with Crippen LogP contribution in [0.2, 0.25) is 0 Å². The Morgan fingerprint density at radius 1 is 1.25 bits per heavy atom. The topological polar surface area (TPSA) is 32.3 Å². The van der Waals surface area contributed by atoms with Crippen molar-refractivity contribution in [3.63, 3.8) is 0 Å². The van der Waals surface area contributed by atoms with Crippen molar-refractivity contribution in [1.29, 1.82) is 0 Å². The monoisotopic (exact) mass is 275 g/mol. The average molecular weight is 275 g/mol. The molecule has 0 spiro atoms. The summed E-state index contributed by atoms with van der Waals surface area (Å²) in [7, 11) is 0. The smallest absolute Gasteiger partial charge is 0.0543 e. The van der Waals surface area contributed by atoms with Gasteiger partial charge in [0.15, 0.2) is 0 Å². The van der Waals surface area contributed by atoms with Crippen LogP contribution in [0.25, 0.3) is 0 Å². The first-order valence-electron chi connectivity index (χ1n) is 8.19. The lowest BCUT2D eigenvalue weighted by molar-refractivity contribution is 0.0998. The van der Waals surface area contributed by atoms with Crippen LogP contribution in [-0.4, -0.2) is 17.8 Å². The average Bonchev–Trinajstić information content (AvgIpc) is 2.46. The summed E-state index contributed by atoms with van der Waals surface area (Å²) in [5.41, 5.74) is 2.79. The zero-order chi connectivity index (χ0) is 14.4. The maximum atomic E-state index is 9.72. The molecule has 1 fully saturated rings. The molecule has 1 aromatic carbocycles. The second kappa shape index (κ2) is 7.80. The van der Waals surface area contributed by atoms with E-state index in [-0.39, 0.29) is 6.10 Å². The van der Waals surface area contributed by atoms with E-state index < -0.39 is 0 Å². The summed E-state index contributed by atoms with van der Waals surface area (Å²) in [6, 6.07) is 9.39. The molecule has 0 aliphatic heterocycles. The van der Waals surface area contributed by atoms with Crippen molar-refractivity contribution in [2.45, 2.75) is 64.5 Å². The predicted octanol–water partition coefficient (Wildman–Crippen LogP) is 3.84. The van der Waals surface area contributed by atoms with Crippen molar-refractivity contribution in [3.05, 3.63) is 35.4 Å². The summed E-state index contributed by atoms with van der Waals surface area (Å²) in [6.07, 6.45) is 6.69. The van der Waals surface area contributed by atoms with Gasteiger partial charge in [0, 0.05) is 6.04 Å². The number of rotatable bonds is 6. The lowest BCUT2D eigenvalue weighted by Crippen LogP contribution is -2.30. The van der Waals surface area contributed by atoms with E-state index in [0.29, 0.717) is 12.0 Å². The van der Waals surface area contributed by atoms with Gasteiger partial charge in [-0.05, 0) is 56.2 Å². The molecule has 0 amide bonds. The molecule has 1 aromatic rings. The molecule has 1 aliphatic rings. The van der Waals surface area contributed by atoms with E-state index in [9.17, 15) is 5.11 Å². The van der Waals surface area contributed by atoms with E-state index >= 15 is 0 Å². The molecular formula is C18H29NO. The van der Waals surface area contributed by atoms with Crippen LogP contribution >= 0.6 is 0 Å².